The van der Waals surface area contributed by atoms with Crippen molar-refractivity contribution in [3.05, 3.63) is 22.6 Å². The van der Waals surface area contributed by atoms with Gasteiger partial charge in [-0.3, -0.25) is 0 Å². The summed E-state index contributed by atoms with van der Waals surface area (Å²) in [6, 6.07) is 2.82. The van der Waals surface area contributed by atoms with Crippen LogP contribution in [0.4, 0.5) is 11.4 Å². The molecule has 1 rings (SSSR count). The van der Waals surface area contributed by atoms with Crippen LogP contribution < -0.4 is 10.1 Å². The van der Waals surface area contributed by atoms with E-state index in [0.29, 0.717) is 11.4 Å². The van der Waals surface area contributed by atoms with Gasteiger partial charge in [-0.1, -0.05) is 0 Å². The van der Waals surface area contributed by atoms with Crippen molar-refractivity contribution < 1.29 is 14.3 Å². The standard InChI is InChI=1S/C10H12N2O4/c1-11-9-7(12-14)4-6(10(13)16-3)5-8(9)15-2/h4-5,11H,1-3H3. The van der Waals surface area contributed by atoms with Crippen LogP contribution in [0.3, 0.4) is 0 Å². The number of rotatable bonds is 4. The fourth-order valence-corrected chi connectivity index (χ4v) is 1.32. The van der Waals surface area contributed by atoms with Crippen molar-refractivity contribution in [3.63, 3.8) is 0 Å². The molecule has 1 N–H and O–H groups in total. The molecule has 0 atom stereocenters. The second kappa shape index (κ2) is 5.11. The zero-order chi connectivity index (χ0) is 12.1. The SMILES string of the molecule is CNc1c(N=O)cc(C(=O)OC)cc1OC. The van der Waals surface area contributed by atoms with Gasteiger partial charge in [0.1, 0.15) is 17.1 Å². The van der Waals surface area contributed by atoms with Crippen LogP contribution in [0.1, 0.15) is 10.4 Å². The highest BCUT2D eigenvalue weighted by Gasteiger charge is 2.15. The van der Waals surface area contributed by atoms with Crippen molar-refractivity contribution in [2.45, 2.75) is 0 Å². The van der Waals surface area contributed by atoms with Gasteiger partial charge in [-0.05, 0) is 17.3 Å². The third-order valence-corrected chi connectivity index (χ3v) is 2.07. The lowest BCUT2D eigenvalue weighted by atomic mass is 10.1. The Morgan fingerprint density at radius 1 is 1.38 bits per heavy atom. The third-order valence-electron chi connectivity index (χ3n) is 2.07. The second-order valence-corrected chi connectivity index (χ2v) is 2.91. The van der Waals surface area contributed by atoms with Gasteiger partial charge in [0, 0.05) is 7.05 Å². The van der Waals surface area contributed by atoms with Gasteiger partial charge in [0.05, 0.1) is 19.8 Å². The van der Waals surface area contributed by atoms with Gasteiger partial charge >= 0.3 is 5.97 Å². The highest BCUT2D eigenvalue weighted by molar-refractivity contribution is 5.93. The molecule has 0 aromatic heterocycles. The highest BCUT2D eigenvalue weighted by atomic mass is 16.5. The predicted molar refractivity (Wildman–Crippen MR) is 59.3 cm³/mol. The molecule has 6 heteroatoms. The average Bonchev–Trinajstić information content (AvgIpc) is 2.35. The van der Waals surface area contributed by atoms with Crippen molar-refractivity contribution in [1.82, 2.24) is 0 Å². The molecule has 86 valence electrons. The van der Waals surface area contributed by atoms with Gasteiger partial charge in [0.25, 0.3) is 0 Å². The van der Waals surface area contributed by atoms with Gasteiger partial charge in [0.15, 0.2) is 0 Å². The molecule has 0 amide bonds. The van der Waals surface area contributed by atoms with E-state index in [4.69, 9.17) is 4.74 Å². The summed E-state index contributed by atoms with van der Waals surface area (Å²) in [5.74, 6) is -0.189. The summed E-state index contributed by atoms with van der Waals surface area (Å²) in [5.41, 5.74) is 0.750. The van der Waals surface area contributed by atoms with Gasteiger partial charge < -0.3 is 14.8 Å². The Hall–Kier alpha value is -2.11. The molecule has 0 radical (unpaired) electrons. The van der Waals surface area contributed by atoms with Crippen LogP contribution in [0.15, 0.2) is 17.3 Å². The van der Waals surface area contributed by atoms with Crippen molar-refractivity contribution in [3.8, 4) is 5.75 Å². The molecule has 6 nitrogen and oxygen atoms in total. The Labute approximate surface area is 92.5 Å². The molecule has 0 aliphatic carbocycles. The number of methoxy groups -OCH3 is 2. The molecule has 0 unspecified atom stereocenters. The van der Waals surface area contributed by atoms with E-state index < -0.39 is 5.97 Å². The monoisotopic (exact) mass is 224 g/mol. The third kappa shape index (κ3) is 2.10. The Kier molecular flexibility index (Phi) is 3.82. The van der Waals surface area contributed by atoms with Crippen LogP contribution in [0.25, 0.3) is 0 Å². The zero-order valence-corrected chi connectivity index (χ0v) is 9.23. The summed E-state index contributed by atoms with van der Waals surface area (Å²) < 4.78 is 9.60. The van der Waals surface area contributed by atoms with Crippen LogP contribution in [0.5, 0.6) is 5.75 Å². The van der Waals surface area contributed by atoms with E-state index in [1.165, 1.54) is 26.4 Å². The normalized spacial score (nSPS) is 9.44. The molecule has 0 saturated carbocycles. The quantitative estimate of drug-likeness (QED) is 0.624. The van der Waals surface area contributed by atoms with Crippen LogP contribution in [-0.4, -0.2) is 27.2 Å². The molecule has 0 saturated heterocycles. The minimum atomic E-state index is -0.550. The fourth-order valence-electron chi connectivity index (χ4n) is 1.32. The second-order valence-electron chi connectivity index (χ2n) is 2.91. The number of carbonyl (C=O) groups excluding carboxylic acids is 1. The fraction of sp³-hybridized carbons (Fsp3) is 0.300. The smallest absolute Gasteiger partial charge is 0.338 e. The van der Waals surface area contributed by atoms with Crippen molar-refractivity contribution >= 4 is 17.3 Å². The number of ether oxygens (including phenoxy) is 2. The number of esters is 1. The van der Waals surface area contributed by atoms with Crippen LogP contribution >= 0.6 is 0 Å². The summed E-state index contributed by atoms with van der Waals surface area (Å²) in [6.07, 6.45) is 0. The summed E-state index contributed by atoms with van der Waals surface area (Å²) in [7, 11) is 4.32. The maximum Gasteiger partial charge on any atom is 0.338 e. The maximum absolute atomic E-state index is 11.3. The van der Waals surface area contributed by atoms with E-state index in [1.807, 2.05) is 0 Å². The molecule has 0 bridgehead atoms. The van der Waals surface area contributed by atoms with Gasteiger partial charge in [-0.15, -0.1) is 4.91 Å². The molecule has 1 aromatic rings. The van der Waals surface area contributed by atoms with E-state index in [0.717, 1.165) is 0 Å². The first kappa shape index (κ1) is 12.0. The number of benzene rings is 1. The van der Waals surface area contributed by atoms with Crippen LogP contribution in [0, 0.1) is 4.91 Å². The molecular formula is C10H12N2O4. The Balaban J connectivity index is 3.36. The van der Waals surface area contributed by atoms with E-state index in [1.54, 1.807) is 7.05 Å². The molecule has 0 spiro atoms. The first-order valence-corrected chi connectivity index (χ1v) is 4.49. The van der Waals surface area contributed by atoms with Crippen molar-refractivity contribution in [2.75, 3.05) is 26.6 Å². The molecule has 1 aromatic carbocycles. The number of hydrogen-bond acceptors (Lipinski definition) is 6. The van der Waals surface area contributed by atoms with E-state index >= 15 is 0 Å². The number of hydrogen-bond donors (Lipinski definition) is 1. The van der Waals surface area contributed by atoms with Gasteiger partial charge in [-0.25, -0.2) is 4.79 Å². The highest BCUT2D eigenvalue weighted by Crippen LogP contribution is 2.35. The summed E-state index contributed by atoms with van der Waals surface area (Å²) in [4.78, 5) is 21.9. The van der Waals surface area contributed by atoms with E-state index in [2.05, 4.69) is 15.2 Å². The molecule has 0 fully saturated rings. The lowest BCUT2D eigenvalue weighted by Crippen LogP contribution is -2.03. The number of anilines is 1. The summed E-state index contributed by atoms with van der Waals surface area (Å²) in [6.45, 7) is 0. The van der Waals surface area contributed by atoms with Crippen LogP contribution in [-0.2, 0) is 4.74 Å². The minimum absolute atomic E-state index is 0.0993. The summed E-state index contributed by atoms with van der Waals surface area (Å²) >= 11 is 0. The number of nitroso groups, excluding NO2 is 1. The van der Waals surface area contributed by atoms with Crippen molar-refractivity contribution in [1.29, 1.82) is 0 Å². The maximum atomic E-state index is 11.3. The lowest BCUT2D eigenvalue weighted by molar-refractivity contribution is 0.0600. The van der Waals surface area contributed by atoms with Gasteiger partial charge in [0.2, 0.25) is 0 Å². The molecule has 0 aliphatic heterocycles. The summed E-state index contributed by atoms with van der Waals surface area (Å²) in [5, 5.41) is 5.61. The Bertz CT molecular complexity index is 418. The predicted octanol–water partition coefficient (Wildman–Crippen LogP) is 1.92. The number of nitrogens with one attached hydrogen (secondary N) is 1. The molecule has 16 heavy (non-hydrogen) atoms. The molecule has 0 heterocycles. The first-order valence-electron chi connectivity index (χ1n) is 4.49. The lowest BCUT2D eigenvalue weighted by Gasteiger charge is -2.11. The zero-order valence-electron chi connectivity index (χ0n) is 9.23. The van der Waals surface area contributed by atoms with E-state index in [9.17, 15) is 9.70 Å². The number of nitrogens with zero attached hydrogens (tertiary/aromatic N) is 1. The number of carbonyl (C=O) groups is 1. The van der Waals surface area contributed by atoms with Gasteiger partial charge in [-0.2, -0.15) is 0 Å². The minimum Gasteiger partial charge on any atom is -0.494 e. The Morgan fingerprint density at radius 2 is 2.06 bits per heavy atom. The first-order chi connectivity index (χ1) is 7.67. The molecular weight excluding hydrogens is 212 g/mol. The Morgan fingerprint density at radius 3 is 2.50 bits per heavy atom. The average molecular weight is 224 g/mol. The topological polar surface area (TPSA) is 77.0 Å². The van der Waals surface area contributed by atoms with Crippen LogP contribution in [0.2, 0.25) is 0 Å². The largest absolute Gasteiger partial charge is 0.494 e. The molecule has 0 aliphatic rings. The van der Waals surface area contributed by atoms with E-state index in [-0.39, 0.29) is 11.3 Å². The van der Waals surface area contributed by atoms with Crippen molar-refractivity contribution in [2.24, 2.45) is 5.18 Å².